The van der Waals surface area contributed by atoms with E-state index in [1.165, 1.54) is 12.1 Å². The van der Waals surface area contributed by atoms with Gasteiger partial charge in [0.2, 0.25) is 10.0 Å². The van der Waals surface area contributed by atoms with E-state index in [0.717, 1.165) is 12.8 Å². The maximum atomic E-state index is 12.4. The Balaban J connectivity index is 3.11. The lowest BCUT2D eigenvalue weighted by Gasteiger charge is -2.21. The van der Waals surface area contributed by atoms with Crippen molar-refractivity contribution in [1.82, 2.24) is 10.0 Å². The van der Waals surface area contributed by atoms with E-state index in [1.807, 2.05) is 13.8 Å². The third kappa shape index (κ3) is 6.24. The number of rotatable bonds is 6. The van der Waals surface area contributed by atoms with Crippen molar-refractivity contribution < 1.29 is 13.2 Å². The number of amides is 1. The van der Waals surface area contributed by atoms with Crippen LogP contribution in [0.3, 0.4) is 0 Å². The average Bonchev–Trinajstić information content (AvgIpc) is 2.36. The van der Waals surface area contributed by atoms with Gasteiger partial charge < -0.3 is 5.32 Å². The largest absolute Gasteiger partial charge is 0.350 e. The van der Waals surface area contributed by atoms with Crippen molar-refractivity contribution in [2.24, 2.45) is 0 Å². The zero-order chi connectivity index (χ0) is 17.8. The van der Waals surface area contributed by atoms with E-state index in [1.54, 1.807) is 26.8 Å². The second kappa shape index (κ2) is 7.77. The number of hydrogen-bond donors (Lipinski definition) is 2. The summed E-state index contributed by atoms with van der Waals surface area (Å²) in [5.41, 5.74) is -0.283. The van der Waals surface area contributed by atoms with E-state index in [2.05, 4.69) is 26.0 Å². The third-order valence-electron chi connectivity index (χ3n) is 3.03. The first-order valence-electron chi connectivity index (χ1n) is 7.60. The Bertz CT molecular complexity index is 666. The highest BCUT2D eigenvalue weighted by Gasteiger charge is 2.24. The van der Waals surface area contributed by atoms with Crippen LogP contribution in [0.25, 0.3) is 0 Å². The Labute approximate surface area is 147 Å². The molecule has 2 N–H and O–H groups in total. The molecule has 1 atom stereocenters. The molecule has 0 saturated carbocycles. The van der Waals surface area contributed by atoms with Gasteiger partial charge in [0.05, 0.1) is 10.5 Å². The molecule has 1 amide bonds. The van der Waals surface area contributed by atoms with E-state index in [-0.39, 0.29) is 16.8 Å². The molecule has 5 nitrogen and oxygen atoms in total. The first kappa shape index (κ1) is 20.1. The van der Waals surface area contributed by atoms with E-state index >= 15 is 0 Å². The molecule has 0 spiro atoms. The molecule has 1 aromatic rings. The minimum Gasteiger partial charge on any atom is -0.350 e. The quantitative estimate of drug-likeness (QED) is 0.761. The summed E-state index contributed by atoms with van der Waals surface area (Å²) in [6.07, 6.45) is 1.83. The lowest BCUT2D eigenvalue weighted by atomic mass is 10.1. The number of carbonyl (C=O) groups is 1. The van der Waals surface area contributed by atoms with Crippen molar-refractivity contribution in [3.8, 4) is 0 Å². The summed E-state index contributed by atoms with van der Waals surface area (Å²) in [5, 5.41) is 2.88. The molecule has 1 aromatic carbocycles. The Morgan fingerprint density at radius 3 is 2.43 bits per heavy atom. The normalized spacial score (nSPS) is 13.7. The van der Waals surface area contributed by atoms with Gasteiger partial charge in [-0.2, -0.15) is 0 Å². The fourth-order valence-electron chi connectivity index (χ4n) is 2.11. The zero-order valence-corrected chi connectivity index (χ0v) is 16.6. The predicted octanol–water partition coefficient (Wildman–Crippen LogP) is 3.44. The molecule has 0 aliphatic carbocycles. The summed E-state index contributed by atoms with van der Waals surface area (Å²) in [5.74, 6) is -0.286. The van der Waals surface area contributed by atoms with Gasteiger partial charge in [-0.1, -0.05) is 13.3 Å². The monoisotopic (exact) mass is 404 g/mol. The van der Waals surface area contributed by atoms with Gasteiger partial charge in [-0.25, -0.2) is 13.1 Å². The number of halogens is 1. The third-order valence-corrected chi connectivity index (χ3v) is 5.48. The number of nitrogens with one attached hydrogen (secondary N) is 2. The van der Waals surface area contributed by atoms with E-state index in [9.17, 15) is 13.2 Å². The molecule has 0 unspecified atom stereocenters. The van der Waals surface area contributed by atoms with Crippen LogP contribution < -0.4 is 10.0 Å². The van der Waals surface area contributed by atoms with Gasteiger partial charge in [0.1, 0.15) is 0 Å². The van der Waals surface area contributed by atoms with E-state index in [0.29, 0.717) is 10.0 Å². The maximum Gasteiger partial charge on any atom is 0.252 e. The Hall–Kier alpha value is -0.920. The van der Waals surface area contributed by atoms with Gasteiger partial charge in [-0.3, -0.25) is 4.79 Å². The van der Waals surface area contributed by atoms with Crippen LogP contribution >= 0.6 is 15.9 Å². The fourth-order valence-corrected chi connectivity index (χ4v) is 3.99. The summed E-state index contributed by atoms with van der Waals surface area (Å²) in [4.78, 5) is 12.4. The van der Waals surface area contributed by atoms with Gasteiger partial charge in [0.15, 0.2) is 0 Å². The van der Waals surface area contributed by atoms with Crippen molar-refractivity contribution in [2.45, 2.75) is 63.9 Å². The SMILES string of the molecule is CCC[C@@H](C)NC(=O)c1cc(S(=O)(=O)NC(C)(C)C)ccc1Br. The van der Waals surface area contributed by atoms with Crippen molar-refractivity contribution in [1.29, 1.82) is 0 Å². The molecule has 0 saturated heterocycles. The molecule has 23 heavy (non-hydrogen) atoms. The molecule has 7 heteroatoms. The minimum absolute atomic E-state index is 0.0346. The summed E-state index contributed by atoms with van der Waals surface area (Å²) < 4.78 is 27.9. The molecular formula is C16H25BrN2O3S. The molecule has 0 fully saturated rings. The number of sulfonamides is 1. The van der Waals surface area contributed by atoms with Gasteiger partial charge in [-0.15, -0.1) is 0 Å². The summed E-state index contributed by atoms with van der Waals surface area (Å²) in [7, 11) is -3.68. The van der Waals surface area contributed by atoms with Crippen molar-refractivity contribution >= 4 is 31.9 Å². The van der Waals surface area contributed by atoms with Crippen molar-refractivity contribution in [3.05, 3.63) is 28.2 Å². The van der Waals surface area contributed by atoms with Crippen molar-refractivity contribution in [3.63, 3.8) is 0 Å². The second-order valence-corrected chi connectivity index (χ2v) is 9.20. The van der Waals surface area contributed by atoms with Crippen LogP contribution in [0.15, 0.2) is 27.6 Å². The Kier molecular flexibility index (Phi) is 6.80. The molecule has 0 heterocycles. The summed E-state index contributed by atoms with van der Waals surface area (Å²) >= 11 is 3.31. The highest BCUT2D eigenvalue weighted by molar-refractivity contribution is 9.10. The summed E-state index contributed by atoms with van der Waals surface area (Å²) in [6.45, 7) is 9.28. The first-order valence-corrected chi connectivity index (χ1v) is 9.88. The second-order valence-electron chi connectivity index (χ2n) is 6.66. The molecule has 0 radical (unpaired) electrons. The van der Waals surface area contributed by atoms with E-state index < -0.39 is 15.6 Å². The molecular weight excluding hydrogens is 380 g/mol. The molecule has 0 aromatic heterocycles. The first-order chi connectivity index (χ1) is 10.5. The molecule has 0 aliphatic heterocycles. The van der Waals surface area contributed by atoms with Crippen LogP contribution in [0.2, 0.25) is 0 Å². The van der Waals surface area contributed by atoms with Crippen LogP contribution in [0.1, 0.15) is 57.8 Å². The van der Waals surface area contributed by atoms with Gasteiger partial charge in [0, 0.05) is 16.1 Å². The predicted molar refractivity (Wildman–Crippen MR) is 96.1 cm³/mol. The average molecular weight is 405 g/mol. The Morgan fingerprint density at radius 2 is 1.91 bits per heavy atom. The van der Waals surface area contributed by atoms with Gasteiger partial charge in [-0.05, 0) is 68.2 Å². The molecule has 0 bridgehead atoms. The van der Waals surface area contributed by atoms with Gasteiger partial charge in [0.25, 0.3) is 5.91 Å². The van der Waals surface area contributed by atoms with Crippen LogP contribution in [0.4, 0.5) is 0 Å². The highest BCUT2D eigenvalue weighted by Crippen LogP contribution is 2.22. The fraction of sp³-hybridized carbons (Fsp3) is 0.562. The van der Waals surface area contributed by atoms with Crippen LogP contribution in [0.5, 0.6) is 0 Å². The van der Waals surface area contributed by atoms with Crippen molar-refractivity contribution in [2.75, 3.05) is 0 Å². The Morgan fingerprint density at radius 1 is 1.30 bits per heavy atom. The lowest BCUT2D eigenvalue weighted by molar-refractivity contribution is 0.0937. The zero-order valence-electron chi connectivity index (χ0n) is 14.2. The number of hydrogen-bond acceptors (Lipinski definition) is 3. The number of carbonyl (C=O) groups excluding carboxylic acids is 1. The van der Waals surface area contributed by atoms with Crippen LogP contribution in [0, 0.1) is 0 Å². The lowest BCUT2D eigenvalue weighted by Crippen LogP contribution is -2.40. The maximum absolute atomic E-state index is 12.4. The molecule has 130 valence electrons. The van der Waals surface area contributed by atoms with Crippen LogP contribution in [-0.2, 0) is 10.0 Å². The van der Waals surface area contributed by atoms with Crippen LogP contribution in [-0.4, -0.2) is 25.9 Å². The van der Waals surface area contributed by atoms with E-state index in [4.69, 9.17) is 0 Å². The standard InChI is InChI=1S/C16H25BrN2O3S/c1-6-7-11(2)18-15(20)13-10-12(8-9-14(13)17)23(21,22)19-16(3,4)5/h8-11,19H,6-7H2,1-5H3,(H,18,20)/t11-/m1/s1. The smallest absolute Gasteiger partial charge is 0.252 e. The topological polar surface area (TPSA) is 75.3 Å². The molecule has 1 rings (SSSR count). The van der Waals surface area contributed by atoms with Gasteiger partial charge >= 0.3 is 0 Å². The summed E-state index contributed by atoms with van der Waals surface area (Å²) in [6, 6.07) is 4.49. The number of benzene rings is 1. The minimum atomic E-state index is -3.68. The highest BCUT2D eigenvalue weighted by atomic mass is 79.9. The molecule has 0 aliphatic rings.